The second kappa shape index (κ2) is 15.6. The van der Waals surface area contributed by atoms with Gasteiger partial charge in [-0.1, -0.05) is 61.1 Å². The fourth-order valence-electron chi connectivity index (χ4n) is 5.40. The van der Waals surface area contributed by atoms with Gasteiger partial charge in [0.25, 0.3) is 0 Å². The Morgan fingerprint density at radius 2 is 1.95 bits per heavy atom. The van der Waals surface area contributed by atoms with Crippen molar-refractivity contribution in [1.29, 1.82) is 0 Å². The maximum Gasteiger partial charge on any atom is 0.330 e. The fourth-order valence-corrected chi connectivity index (χ4v) is 5.40. The number of aliphatic hydroxyl groups excluding tert-OH is 3. The van der Waals surface area contributed by atoms with Gasteiger partial charge in [0.1, 0.15) is 18.3 Å². The molecule has 0 saturated carbocycles. The first-order valence-electron chi connectivity index (χ1n) is 14.0. The topological polar surface area (TPSA) is 115 Å². The number of hydrogen-bond donors (Lipinski definition) is 3. The summed E-state index contributed by atoms with van der Waals surface area (Å²) in [6.07, 6.45) is 10.6. The zero-order valence-corrected chi connectivity index (χ0v) is 23.5. The standard InChI is InChI=1S/C31H46O8/c1-20-13-14-37-24(16-20)11-12-26(32)28-19-29(36-4)31(35)27(33)18-22(3)15-21(2)17-25-9-5-7-23(38-25)8-6-10-30(34)39-28/h5-7,10-13,21,23-29,31-33,35H,3,8-9,14-19H2,1-2,4H3/t21-,23-,24+,25-,26-,27-,28-,29-,31+/m0/s1. The van der Waals surface area contributed by atoms with Gasteiger partial charge < -0.3 is 34.3 Å². The van der Waals surface area contributed by atoms with E-state index in [1.807, 2.05) is 19.1 Å². The molecular weight excluding hydrogens is 500 g/mol. The molecule has 0 aliphatic carbocycles. The van der Waals surface area contributed by atoms with Gasteiger partial charge >= 0.3 is 5.97 Å². The third kappa shape index (κ3) is 10.4. The van der Waals surface area contributed by atoms with Crippen LogP contribution >= 0.6 is 0 Å². The first-order chi connectivity index (χ1) is 18.6. The third-order valence-corrected chi connectivity index (χ3v) is 7.52. The van der Waals surface area contributed by atoms with Gasteiger partial charge in [0, 0.05) is 19.6 Å². The Bertz CT molecular complexity index is 922. The largest absolute Gasteiger partial charge is 0.456 e. The van der Waals surface area contributed by atoms with Crippen LogP contribution in [0.2, 0.25) is 0 Å². The average molecular weight is 547 g/mol. The highest BCUT2D eigenvalue weighted by Gasteiger charge is 2.33. The van der Waals surface area contributed by atoms with Crippen LogP contribution < -0.4 is 0 Å². The van der Waals surface area contributed by atoms with E-state index in [4.69, 9.17) is 18.9 Å². The Balaban J connectivity index is 1.78. The number of cyclic esters (lactones) is 1. The van der Waals surface area contributed by atoms with Crippen molar-refractivity contribution in [2.24, 2.45) is 5.92 Å². The highest BCUT2D eigenvalue weighted by molar-refractivity contribution is 5.82. The van der Waals surface area contributed by atoms with Crippen LogP contribution in [0.4, 0.5) is 0 Å². The van der Waals surface area contributed by atoms with Crippen molar-refractivity contribution < 1.29 is 39.1 Å². The van der Waals surface area contributed by atoms with E-state index >= 15 is 0 Å². The van der Waals surface area contributed by atoms with Crippen molar-refractivity contribution in [2.75, 3.05) is 13.7 Å². The molecular formula is C31H46O8. The lowest BCUT2D eigenvalue weighted by molar-refractivity contribution is -0.153. The molecule has 3 rings (SSSR count). The summed E-state index contributed by atoms with van der Waals surface area (Å²) < 4.78 is 23.0. The van der Waals surface area contributed by atoms with Gasteiger partial charge in [-0.15, -0.1) is 0 Å². The number of hydrogen-bond acceptors (Lipinski definition) is 8. The molecule has 3 aliphatic heterocycles. The van der Waals surface area contributed by atoms with E-state index in [0.29, 0.717) is 31.8 Å². The fraction of sp³-hybridized carbons (Fsp3) is 0.645. The van der Waals surface area contributed by atoms with Crippen LogP contribution in [0.15, 0.2) is 60.3 Å². The zero-order valence-electron chi connectivity index (χ0n) is 23.5. The third-order valence-electron chi connectivity index (χ3n) is 7.52. The number of carbonyl (C=O) groups excluding carboxylic acids is 1. The zero-order chi connectivity index (χ0) is 28.4. The average Bonchev–Trinajstić information content (AvgIpc) is 2.88. The summed E-state index contributed by atoms with van der Waals surface area (Å²) in [5, 5.41) is 32.7. The molecule has 8 heteroatoms. The Labute approximate surface area is 232 Å². The molecule has 39 heavy (non-hydrogen) atoms. The first-order valence-corrected chi connectivity index (χ1v) is 14.0. The van der Waals surface area contributed by atoms with E-state index in [1.165, 1.54) is 18.8 Å². The molecule has 0 unspecified atom stereocenters. The molecule has 3 heterocycles. The molecule has 0 aromatic carbocycles. The van der Waals surface area contributed by atoms with Crippen molar-refractivity contribution in [1.82, 2.24) is 0 Å². The minimum absolute atomic E-state index is 0.0245. The molecule has 2 bridgehead atoms. The Morgan fingerprint density at radius 3 is 2.69 bits per heavy atom. The number of aliphatic hydroxyl groups is 3. The summed E-state index contributed by atoms with van der Waals surface area (Å²) in [5.74, 6) is -0.329. The molecule has 0 aromatic rings. The van der Waals surface area contributed by atoms with Crippen LogP contribution in [-0.4, -0.2) is 83.8 Å². The summed E-state index contributed by atoms with van der Waals surface area (Å²) in [4.78, 5) is 12.7. The number of esters is 1. The maximum absolute atomic E-state index is 12.7. The Kier molecular flexibility index (Phi) is 12.6. The van der Waals surface area contributed by atoms with Crippen molar-refractivity contribution in [2.45, 2.75) is 108 Å². The number of methoxy groups -OCH3 is 1. The molecule has 9 atom stereocenters. The number of ether oxygens (including phenoxy) is 4. The quantitative estimate of drug-likeness (QED) is 0.361. The van der Waals surface area contributed by atoms with Crippen LogP contribution in [0.5, 0.6) is 0 Å². The van der Waals surface area contributed by atoms with E-state index in [0.717, 1.165) is 18.4 Å². The molecule has 0 fully saturated rings. The molecule has 218 valence electrons. The molecule has 0 radical (unpaired) electrons. The van der Waals surface area contributed by atoms with E-state index in [1.54, 1.807) is 18.2 Å². The first kappa shape index (κ1) is 31.5. The maximum atomic E-state index is 12.7. The normalized spacial score (nSPS) is 36.6. The predicted molar refractivity (Wildman–Crippen MR) is 149 cm³/mol. The van der Waals surface area contributed by atoms with Crippen LogP contribution in [0.25, 0.3) is 0 Å². The van der Waals surface area contributed by atoms with Gasteiger partial charge in [-0.25, -0.2) is 4.79 Å². The molecule has 0 aromatic heterocycles. The van der Waals surface area contributed by atoms with Gasteiger partial charge in [0.2, 0.25) is 0 Å². The van der Waals surface area contributed by atoms with Crippen LogP contribution in [0, 0.1) is 5.92 Å². The number of rotatable bonds is 4. The lowest BCUT2D eigenvalue weighted by atomic mass is 9.89. The summed E-state index contributed by atoms with van der Waals surface area (Å²) >= 11 is 0. The number of carbonyl (C=O) groups is 1. The van der Waals surface area contributed by atoms with Crippen molar-refractivity contribution in [3.63, 3.8) is 0 Å². The number of fused-ring (bicyclic) bond motifs is 2. The van der Waals surface area contributed by atoms with Gasteiger partial charge in [0.15, 0.2) is 0 Å². The highest BCUT2D eigenvalue weighted by Crippen LogP contribution is 2.27. The second-order valence-corrected chi connectivity index (χ2v) is 11.1. The summed E-state index contributed by atoms with van der Waals surface area (Å²) in [5.41, 5.74) is 2.03. The van der Waals surface area contributed by atoms with Gasteiger partial charge in [-0.3, -0.25) is 0 Å². The van der Waals surface area contributed by atoms with E-state index in [9.17, 15) is 20.1 Å². The predicted octanol–water partition coefficient (Wildman–Crippen LogP) is 3.71. The van der Waals surface area contributed by atoms with Gasteiger partial charge in [0.05, 0.1) is 37.1 Å². The second-order valence-electron chi connectivity index (χ2n) is 11.1. The molecule has 3 N–H and O–H groups in total. The molecule has 0 saturated heterocycles. The lowest BCUT2D eigenvalue weighted by Gasteiger charge is -2.31. The Hall–Kier alpha value is -2.07. The molecule has 0 spiro atoms. The van der Waals surface area contributed by atoms with Gasteiger partial charge in [-0.05, 0) is 51.4 Å². The SMILES string of the molecule is C=C1C[C@H](C)C[C@@H]2CC=C[C@@H](CC=CC(=O)O[C@H]([C@@H](O)C=C[C@@H]3CC(C)=CCO3)C[C@H](OC)[C@H](O)[C@@H](O)C1)O2. The minimum Gasteiger partial charge on any atom is -0.456 e. The molecule has 0 amide bonds. The van der Waals surface area contributed by atoms with Crippen LogP contribution in [-0.2, 0) is 23.7 Å². The van der Waals surface area contributed by atoms with Gasteiger partial charge in [-0.2, -0.15) is 0 Å². The summed E-state index contributed by atoms with van der Waals surface area (Å²) in [6, 6.07) is 0. The van der Waals surface area contributed by atoms with Crippen molar-refractivity contribution >= 4 is 5.97 Å². The smallest absolute Gasteiger partial charge is 0.330 e. The molecule has 8 nitrogen and oxygen atoms in total. The minimum atomic E-state index is -1.27. The van der Waals surface area contributed by atoms with E-state index in [-0.39, 0.29) is 31.2 Å². The summed E-state index contributed by atoms with van der Waals surface area (Å²) in [7, 11) is 1.42. The van der Waals surface area contributed by atoms with E-state index < -0.39 is 36.5 Å². The van der Waals surface area contributed by atoms with Crippen LogP contribution in [0.1, 0.15) is 58.8 Å². The van der Waals surface area contributed by atoms with E-state index in [2.05, 4.69) is 19.6 Å². The summed E-state index contributed by atoms with van der Waals surface area (Å²) in [6.45, 7) is 8.79. The highest BCUT2D eigenvalue weighted by atomic mass is 16.6. The monoisotopic (exact) mass is 546 g/mol. The van der Waals surface area contributed by atoms with Crippen LogP contribution in [0.3, 0.4) is 0 Å². The molecule has 3 aliphatic rings. The van der Waals surface area contributed by atoms with Crippen molar-refractivity contribution in [3.05, 3.63) is 60.3 Å². The van der Waals surface area contributed by atoms with Crippen molar-refractivity contribution in [3.8, 4) is 0 Å². The lowest BCUT2D eigenvalue weighted by Crippen LogP contribution is -2.43. The Morgan fingerprint density at radius 1 is 1.15 bits per heavy atom.